The Labute approximate surface area is 118 Å². The van der Waals surface area contributed by atoms with Crippen molar-refractivity contribution >= 4 is 11.8 Å². The van der Waals surface area contributed by atoms with Crippen LogP contribution in [-0.2, 0) is 13.5 Å². The third-order valence-electron chi connectivity index (χ3n) is 3.12. The van der Waals surface area contributed by atoms with E-state index in [0.29, 0.717) is 0 Å². The molecule has 102 valence electrons. The van der Waals surface area contributed by atoms with Crippen LogP contribution in [0.1, 0.15) is 24.6 Å². The zero-order valence-electron chi connectivity index (χ0n) is 11.6. The first kappa shape index (κ1) is 14.1. The highest BCUT2D eigenvalue weighted by Gasteiger charge is 2.16. The Balaban J connectivity index is 2.28. The molecule has 0 amide bonds. The molecule has 0 saturated heterocycles. The molecule has 2 N–H and O–H groups in total. The molecule has 2 heterocycles. The van der Waals surface area contributed by atoms with Crippen molar-refractivity contribution in [3.05, 3.63) is 35.7 Å². The van der Waals surface area contributed by atoms with E-state index in [4.69, 9.17) is 5.73 Å². The Bertz CT molecular complexity index is 536. The normalized spacial score (nSPS) is 12.6. The van der Waals surface area contributed by atoms with E-state index in [1.807, 2.05) is 43.0 Å². The number of hydrogen-bond donors (Lipinski definition) is 1. The van der Waals surface area contributed by atoms with E-state index in [2.05, 4.69) is 17.0 Å². The van der Waals surface area contributed by atoms with Crippen LogP contribution < -0.4 is 5.73 Å². The van der Waals surface area contributed by atoms with Gasteiger partial charge in [0.25, 0.3) is 0 Å². The second-order valence-corrected chi connectivity index (χ2v) is 5.64. The predicted molar refractivity (Wildman–Crippen MR) is 78.3 cm³/mol. The molecule has 0 aromatic carbocycles. The minimum absolute atomic E-state index is 0.186. The van der Waals surface area contributed by atoms with E-state index >= 15 is 0 Å². The molecule has 0 bridgehead atoms. The summed E-state index contributed by atoms with van der Waals surface area (Å²) in [6, 6.07) is 6.12. The minimum Gasteiger partial charge on any atom is -0.327 e. The maximum Gasteiger partial charge on any atom is 0.103 e. The Kier molecular flexibility index (Phi) is 4.61. The number of nitrogens with two attached hydrogens (primary N) is 1. The summed E-state index contributed by atoms with van der Waals surface area (Å²) in [6.45, 7) is 4.15. The number of rotatable bonds is 5. The molecule has 2 aromatic rings. The molecule has 0 fully saturated rings. The van der Waals surface area contributed by atoms with E-state index in [1.165, 1.54) is 5.56 Å². The zero-order valence-corrected chi connectivity index (χ0v) is 12.4. The third kappa shape index (κ3) is 3.36. The summed E-state index contributed by atoms with van der Waals surface area (Å²) in [4.78, 5) is 4.36. The molecule has 1 atom stereocenters. The Morgan fingerprint density at radius 3 is 2.84 bits per heavy atom. The summed E-state index contributed by atoms with van der Waals surface area (Å²) < 4.78 is 1.92. The van der Waals surface area contributed by atoms with Crippen molar-refractivity contribution in [3.8, 4) is 0 Å². The lowest BCUT2D eigenvalue weighted by molar-refractivity contribution is 0.631. The maximum absolute atomic E-state index is 6.08. The van der Waals surface area contributed by atoms with Gasteiger partial charge in [0, 0.05) is 24.8 Å². The van der Waals surface area contributed by atoms with Gasteiger partial charge in [-0.05, 0) is 31.9 Å². The topological polar surface area (TPSA) is 56.7 Å². The van der Waals surface area contributed by atoms with Gasteiger partial charge in [-0.3, -0.25) is 4.68 Å². The smallest absolute Gasteiger partial charge is 0.103 e. The van der Waals surface area contributed by atoms with Crippen molar-refractivity contribution < 1.29 is 0 Å². The number of aromatic nitrogens is 3. The summed E-state index contributed by atoms with van der Waals surface area (Å²) in [6.07, 6.45) is 3.65. The molecular weight excluding hydrogens is 256 g/mol. The van der Waals surface area contributed by atoms with Crippen molar-refractivity contribution in [1.82, 2.24) is 14.8 Å². The number of pyridine rings is 1. The van der Waals surface area contributed by atoms with Crippen LogP contribution in [0.3, 0.4) is 0 Å². The van der Waals surface area contributed by atoms with Crippen LogP contribution in [0.5, 0.6) is 0 Å². The zero-order chi connectivity index (χ0) is 13.8. The Morgan fingerprint density at radius 2 is 2.21 bits per heavy atom. The van der Waals surface area contributed by atoms with Gasteiger partial charge in [-0.25, -0.2) is 4.98 Å². The Morgan fingerprint density at radius 1 is 1.42 bits per heavy atom. The van der Waals surface area contributed by atoms with Gasteiger partial charge in [0.2, 0.25) is 0 Å². The largest absolute Gasteiger partial charge is 0.327 e. The minimum atomic E-state index is 0.186. The van der Waals surface area contributed by atoms with Crippen LogP contribution in [0.4, 0.5) is 0 Å². The fourth-order valence-electron chi connectivity index (χ4n) is 1.96. The van der Waals surface area contributed by atoms with Gasteiger partial charge < -0.3 is 5.73 Å². The fraction of sp³-hybridized carbons (Fsp3) is 0.429. The van der Waals surface area contributed by atoms with Crippen molar-refractivity contribution in [2.75, 3.05) is 0 Å². The molecule has 1 unspecified atom stereocenters. The highest BCUT2D eigenvalue weighted by molar-refractivity contribution is 7.99. The van der Waals surface area contributed by atoms with Crippen LogP contribution in [0, 0.1) is 6.92 Å². The van der Waals surface area contributed by atoms with E-state index in [-0.39, 0.29) is 6.04 Å². The molecule has 0 aliphatic carbocycles. The van der Waals surface area contributed by atoms with Gasteiger partial charge in [0.1, 0.15) is 10.1 Å². The second-order valence-electron chi connectivity index (χ2n) is 4.64. The third-order valence-corrected chi connectivity index (χ3v) is 4.27. The summed E-state index contributed by atoms with van der Waals surface area (Å²) in [5.74, 6) is 0. The van der Waals surface area contributed by atoms with Crippen LogP contribution >= 0.6 is 11.8 Å². The van der Waals surface area contributed by atoms with E-state index in [0.717, 1.165) is 28.6 Å². The molecule has 2 rings (SSSR count). The molecule has 0 radical (unpaired) electrons. The fourth-order valence-corrected chi connectivity index (χ4v) is 2.94. The quantitative estimate of drug-likeness (QED) is 0.912. The molecule has 0 aliphatic rings. The summed E-state index contributed by atoms with van der Waals surface area (Å²) >= 11 is 1.65. The average Bonchev–Trinajstić information content (AvgIpc) is 2.67. The van der Waals surface area contributed by atoms with Crippen LogP contribution in [-0.4, -0.2) is 20.8 Å². The van der Waals surface area contributed by atoms with Crippen LogP contribution in [0.2, 0.25) is 0 Å². The summed E-state index contributed by atoms with van der Waals surface area (Å²) in [7, 11) is 1.97. The van der Waals surface area contributed by atoms with Gasteiger partial charge in [0.05, 0.1) is 5.69 Å². The Hall–Kier alpha value is -1.33. The molecule has 19 heavy (non-hydrogen) atoms. The molecule has 4 nitrogen and oxygen atoms in total. The monoisotopic (exact) mass is 276 g/mol. The number of aryl methyl sites for hydroxylation is 2. The van der Waals surface area contributed by atoms with Gasteiger partial charge >= 0.3 is 0 Å². The molecule has 2 aromatic heterocycles. The highest BCUT2D eigenvalue weighted by Crippen LogP contribution is 2.31. The van der Waals surface area contributed by atoms with Crippen LogP contribution in [0.15, 0.2) is 34.4 Å². The first-order valence-corrected chi connectivity index (χ1v) is 7.30. The van der Waals surface area contributed by atoms with Crippen molar-refractivity contribution in [1.29, 1.82) is 0 Å². The SMILES string of the molecule is CCC(N)Cc1c(C)nn(C)c1Sc1ccccn1. The number of nitrogens with zero attached hydrogens (tertiary/aromatic N) is 3. The van der Waals surface area contributed by atoms with E-state index < -0.39 is 0 Å². The van der Waals surface area contributed by atoms with Gasteiger partial charge in [-0.2, -0.15) is 5.10 Å². The molecule has 0 aliphatic heterocycles. The lowest BCUT2D eigenvalue weighted by atomic mass is 10.1. The van der Waals surface area contributed by atoms with Crippen molar-refractivity contribution in [3.63, 3.8) is 0 Å². The maximum atomic E-state index is 6.08. The molecular formula is C14H20N4S. The summed E-state index contributed by atoms with van der Waals surface area (Å²) in [5, 5.41) is 6.63. The first-order valence-electron chi connectivity index (χ1n) is 6.48. The molecule has 0 spiro atoms. The molecule has 5 heteroatoms. The van der Waals surface area contributed by atoms with Gasteiger partial charge in [-0.1, -0.05) is 24.8 Å². The lowest BCUT2D eigenvalue weighted by Crippen LogP contribution is -2.21. The van der Waals surface area contributed by atoms with Crippen molar-refractivity contribution in [2.24, 2.45) is 12.8 Å². The van der Waals surface area contributed by atoms with E-state index in [9.17, 15) is 0 Å². The van der Waals surface area contributed by atoms with Gasteiger partial charge in [0.15, 0.2) is 0 Å². The molecule has 0 saturated carbocycles. The average molecular weight is 276 g/mol. The first-order chi connectivity index (χ1) is 9.11. The second kappa shape index (κ2) is 6.21. The van der Waals surface area contributed by atoms with Crippen molar-refractivity contribution in [2.45, 2.75) is 42.8 Å². The van der Waals surface area contributed by atoms with E-state index in [1.54, 1.807) is 11.8 Å². The highest BCUT2D eigenvalue weighted by atomic mass is 32.2. The lowest BCUT2D eigenvalue weighted by Gasteiger charge is -2.10. The predicted octanol–water partition coefficient (Wildman–Crippen LogP) is 2.55. The van der Waals surface area contributed by atoms with Crippen LogP contribution in [0.25, 0.3) is 0 Å². The summed E-state index contributed by atoms with van der Waals surface area (Å²) in [5.41, 5.74) is 8.39. The van der Waals surface area contributed by atoms with Gasteiger partial charge in [-0.15, -0.1) is 0 Å². The standard InChI is InChI=1S/C14H20N4S/c1-4-11(15)9-12-10(2)17-18(3)14(12)19-13-7-5-6-8-16-13/h5-8,11H,4,9,15H2,1-3H3. The number of hydrogen-bond acceptors (Lipinski definition) is 4.